The number of aromatic nitrogens is 2. The number of aryl methyl sites for hydroxylation is 1. The van der Waals surface area contributed by atoms with Crippen LogP contribution in [0.3, 0.4) is 0 Å². The molecule has 1 aliphatic heterocycles. The molecule has 0 radical (unpaired) electrons. The quantitative estimate of drug-likeness (QED) is 0.724. The number of hydrogen-bond donors (Lipinski definition) is 1. The number of hydrogen-bond acceptors (Lipinski definition) is 2. The highest BCUT2D eigenvalue weighted by molar-refractivity contribution is 5.95. The van der Waals surface area contributed by atoms with Crippen molar-refractivity contribution in [2.24, 2.45) is 0 Å². The highest BCUT2D eigenvalue weighted by Crippen LogP contribution is 2.35. The summed E-state index contributed by atoms with van der Waals surface area (Å²) < 4.78 is 5.78. The average Bonchev–Trinajstić information content (AvgIpc) is 3.00. The van der Waals surface area contributed by atoms with E-state index >= 15 is 0 Å². The van der Waals surface area contributed by atoms with Crippen LogP contribution in [0.2, 0.25) is 0 Å². The molecule has 0 aliphatic carbocycles. The summed E-state index contributed by atoms with van der Waals surface area (Å²) in [6.07, 6.45) is 5.15. The zero-order valence-electron chi connectivity index (χ0n) is 11.6. The first-order valence-corrected chi connectivity index (χ1v) is 6.95. The summed E-state index contributed by atoms with van der Waals surface area (Å²) in [5.41, 5.74) is 5.94. The molecule has 100 valence electrons. The van der Waals surface area contributed by atoms with Crippen molar-refractivity contribution in [2.45, 2.75) is 26.4 Å². The number of H-pyrrole nitrogens is 1. The molecule has 1 aromatic carbocycles. The summed E-state index contributed by atoms with van der Waals surface area (Å²) in [7, 11) is 0. The molecule has 0 bridgehead atoms. The zero-order chi connectivity index (χ0) is 13.7. The fourth-order valence-corrected chi connectivity index (χ4v) is 3.05. The molecule has 2 aromatic heterocycles. The second kappa shape index (κ2) is 4.10. The normalized spacial score (nSPS) is 17.2. The zero-order valence-corrected chi connectivity index (χ0v) is 11.6. The van der Waals surface area contributed by atoms with E-state index in [0.717, 1.165) is 17.8 Å². The van der Waals surface area contributed by atoms with Gasteiger partial charge in [0.2, 0.25) is 0 Å². The van der Waals surface area contributed by atoms with Crippen LogP contribution >= 0.6 is 0 Å². The van der Waals surface area contributed by atoms with E-state index in [9.17, 15) is 0 Å². The summed E-state index contributed by atoms with van der Waals surface area (Å²) in [5, 5.41) is 1.21. The molecule has 3 heterocycles. The van der Waals surface area contributed by atoms with Crippen molar-refractivity contribution in [3.63, 3.8) is 0 Å². The van der Waals surface area contributed by atoms with Crippen LogP contribution in [-0.4, -0.2) is 16.1 Å². The first-order chi connectivity index (χ1) is 9.72. The number of nitrogens with one attached hydrogen (secondary N) is 1. The number of benzene rings is 1. The number of pyridine rings is 1. The smallest absolute Gasteiger partial charge is 0.138 e. The molecule has 3 nitrogen and oxygen atoms in total. The van der Waals surface area contributed by atoms with Gasteiger partial charge in [-0.15, -0.1) is 0 Å². The molecule has 0 spiro atoms. The lowest BCUT2D eigenvalue weighted by Crippen LogP contribution is -2.05. The van der Waals surface area contributed by atoms with Crippen LogP contribution in [0.5, 0.6) is 5.75 Å². The predicted molar refractivity (Wildman–Crippen MR) is 80.1 cm³/mol. The Morgan fingerprint density at radius 1 is 1.30 bits per heavy atom. The van der Waals surface area contributed by atoms with Gasteiger partial charge in [-0.2, -0.15) is 0 Å². The van der Waals surface area contributed by atoms with E-state index in [0.29, 0.717) is 0 Å². The van der Waals surface area contributed by atoms with E-state index in [2.05, 4.69) is 48.1 Å². The maximum atomic E-state index is 5.78. The maximum absolute atomic E-state index is 5.78. The standard InChI is InChI=1S/C17H16N2O/c1-10-9-19-17-16(10)14(5-6-18-17)12-3-4-15-13(8-12)7-11(2)20-15/h3-6,8-9,11H,7H2,1-2H3,(H,18,19). The Morgan fingerprint density at radius 2 is 2.20 bits per heavy atom. The van der Waals surface area contributed by atoms with Crippen LogP contribution < -0.4 is 4.74 Å². The van der Waals surface area contributed by atoms with Crippen LogP contribution in [0.1, 0.15) is 18.1 Å². The Balaban J connectivity index is 1.92. The highest BCUT2D eigenvalue weighted by atomic mass is 16.5. The molecule has 0 saturated carbocycles. The van der Waals surface area contributed by atoms with E-state index in [1.807, 2.05) is 12.4 Å². The minimum absolute atomic E-state index is 0.284. The minimum atomic E-state index is 0.284. The van der Waals surface area contributed by atoms with Crippen LogP contribution in [0.4, 0.5) is 0 Å². The lowest BCUT2D eigenvalue weighted by molar-refractivity contribution is 0.254. The first-order valence-electron chi connectivity index (χ1n) is 6.95. The summed E-state index contributed by atoms with van der Waals surface area (Å²) in [5.74, 6) is 1.03. The Labute approximate surface area is 117 Å². The van der Waals surface area contributed by atoms with Gasteiger partial charge in [0.15, 0.2) is 0 Å². The monoisotopic (exact) mass is 264 g/mol. The number of rotatable bonds is 1. The Morgan fingerprint density at radius 3 is 3.10 bits per heavy atom. The largest absolute Gasteiger partial charge is 0.490 e. The van der Waals surface area contributed by atoms with Crippen molar-refractivity contribution >= 4 is 11.0 Å². The van der Waals surface area contributed by atoms with Gasteiger partial charge in [-0.05, 0) is 54.3 Å². The van der Waals surface area contributed by atoms with Gasteiger partial charge in [-0.25, -0.2) is 4.98 Å². The van der Waals surface area contributed by atoms with Crippen LogP contribution in [0.15, 0.2) is 36.7 Å². The van der Waals surface area contributed by atoms with Crippen molar-refractivity contribution in [3.8, 4) is 16.9 Å². The fourth-order valence-electron chi connectivity index (χ4n) is 3.05. The van der Waals surface area contributed by atoms with Crippen LogP contribution in [-0.2, 0) is 6.42 Å². The molecule has 4 rings (SSSR count). The topological polar surface area (TPSA) is 37.9 Å². The molecule has 1 unspecified atom stereocenters. The number of ether oxygens (including phenoxy) is 1. The minimum Gasteiger partial charge on any atom is -0.490 e. The third-order valence-corrected chi connectivity index (χ3v) is 3.98. The number of fused-ring (bicyclic) bond motifs is 2. The first kappa shape index (κ1) is 11.5. The Hall–Kier alpha value is -2.29. The van der Waals surface area contributed by atoms with E-state index in [4.69, 9.17) is 4.74 Å². The van der Waals surface area contributed by atoms with Crippen LogP contribution in [0.25, 0.3) is 22.2 Å². The molecule has 1 N–H and O–H groups in total. The van der Waals surface area contributed by atoms with Crippen molar-refractivity contribution in [3.05, 3.63) is 47.8 Å². The van der Waals surface area contributed by atoms with E-state index < -0.39 is 0 Å². The maximum Gasteiger partial charge on any atom is 0.138 e. The molecule has 0 saturated heterocycles. The second-order valence-electron chi connectivity index (χ2n) is 5.51. The molecular weight excluding hydrogens is 248 g/mol. The lowest BCUT2D eigenvalue weighted by atomic mass is 9.98. The van der Waals surface area contributed by atoms with Gasteiger partial charge in [-0.3, -0.25) is 0 Å². The molecule has 0 fully saturated rings. The lowest BCUT2D eigenvalue weighted by Gasteiger charge is -2.07. The number of nitrogens with zero attached hydrogens (tertiary/aromatic N) is 1. The Bertz CT molecular complexity index is 804. The van der Waals surface area contributed by atoms with Gasteiger partial charge in [-0.1, -0.05) is 6.07 Å². The van der Waals surface area contributed by atoms with Crippen molar-refractivity contribution in [1.82, 2.24) is 9.97 Å². The van der Waals surface area contributed by atoms with Gasteiger partial charge >= 0.3 is 0 Å². The summed E-state index contributed by atoms with van der Waals surface area (Å²) in [6, 6.07) is 8.56. The molecule has 1 atom stereocenters. The number of aromatic amines is 1. The van der Waals surface area contributed by atoms with Gasteiger partial charge in [0.1, 0.15) is 17.5 Å². The molecule has 20 heavy (non-hydrogen) atoms. The van der Waals surface area contributed by atoms with Gasteiger partial charge in [0, 0.05) is 24.2 Å². The molecular formula is C17H16N2O. The molecule has 3 aromatic rings. The highest BCUT2D eigenvalue weighted by Gasteiger charge is 2.19. The van der Waals surface area contributed by atoms with Crippen molar-refractivity contribution < 1.29 is 4.74 Å². The van der Waals surface area contributed by atoms with Crippen LogP contribution in [0, 0.1) is 6.92 Å². The predicted octanol–water partition coefficient (Wildman–Crippen LogP) is 3.86. The SMILES string of the molecule is Cc1c[nH]c2nccc(-c3ccc4c(c3)CC(C)O4)c12. The van der Waals surface area contributed by atoms with Gasteiger partial charge < -0.3 is 9.72 Å². The molecule has 0 amide bonds. The summed E-state index contributed by atoms with van der Waals surface area (Å²) in [6.45, 7) is 4.23. The molecule has 1 aliphatic rings. The fraction of sp³-hybridized carbons (Fsp3) is 0.235. The Kier molecular flexibility index (Phi) is 2.36. The third kappa shape index (κ3) is 1.63. The van der Waals surface area contributed by atoms with E-state index in [1.54, 1.807) is 0 Å². The summed E-state index contributed by atoms with van der Waals surface area (Å²) in [4.78, 5) is 7.61. The van der Waals surface area contributed by atoms with E-state index in [-0.39, 0.29) is 6.10 Å². The van der Waals surface area contributed by atoms with Gasteiger partial charge in [0.25, 0.3) is 0 Å². The molecule has 3 heteroatoms. The van der Waals surface area contributed by atoms with E-state index in [1.165, 1.54) is 27.6 Å². The average molecular weight is 264 g/mol. The second-order valence-corrected chi connectivity index (χ2v) is 5.51. The van der Waals surface area contributed by atoms with Gasteiger partial charge in [0.05, 0.1) is 0 Å². The van der Waals surface area contributed by atoms with Crippen molar-refractivity contribution in [2.75, 3.05) is 0 Å². The summed E-state index contributed by atoms with van der Waals surface area (Å²) >= 11 is 0. The van der Waals surface area contributed by atoms with Crippen molar-refractivity contribution in [1.29, 1.82) is 0 Å². The third-order valence-electron chi connectivity index (χ3n) is 3.98.